The van der Waals surface area contributed by atoms with Gasteiger partial charge in [0, 0.05) is 23.6 Å². The molecule has 0 aliphatic carbocycles. The summed E-state index contributed by atoms with van der Waals surface area (Å²) < 4.78 is 1.04. The first kappa shape index (κ1) is 17.2. The molecule has 1 heterocycles. The molecule has 0 aromatic heterocycles. The fraction of sp³-hybridized carbons (Fsp3) is 0.500. The van der Waals surface area contributed by atoms with Crippen LogP contribution in [0.15, 0.2) is 34.8 Å². The van der Waals surface area contributed by atoms with Gasteiger partial charge in [-0.2, -0.15) is 0 Å². The van der Waals surface area contributed by atoms with E-state index in [1.807, 2.05) is 30.3 Å². The van der Waals surface area contributed by atoms with Crippen molar-refractivity contribution in [3.8, 4) is 0 Å². The van der Waals surface area contributed by atoms with Gasteiger partial charge in [-0.1, -0.05) is 35.0 Å². The lowest BCUT2D eigenvalue weighted by molar-refractivity contribution is -0.116. The minimum Gasteiger partial charge on any atom is -0.353 e. The van der Waals surface area contributed by atoms with E-state index in [4.69, 9.17) is 0 Å². The van der Waals surface area contributed by atoms with Crippen molar-refractivity contribution in [1.82, 2.24) is 10.2 Å². The van der Waals surface area contributed by atoms with Crippen molar-refractivity contribution in [3.05, 3.63) is 40.4 Å². The van der Waals surface area contributed by atoms with E-state index in [2.05, 4.69) is 33.1 Å². The molecular formula is C18H25BrN2O. The van der Waals surface area contributed by atoms with Gasteiger partial charge < -0.3 is 10.2 Å². The van der Waals surface area contributed by atoms with Crippen molar-refractivity contribution >= 4 is 27.9 Å². The molecule has 1 aliphatic heterocycles. The van der Waals surface area contributed by atoms with Gasteiger partial charge in [0.15, 0.2) is 0 Å². The largest absolute Gasteiger partial charge is 0.353 e. The Morgan fingerprint density at radius 2 is 2.18 bits per heavy atom. The van der Waals surface area contributed by atoms with Crippen molar-refractivity contribution in [2.75, 3.05) is 26.2 Å². The van der Waals surface area contributed by atoms with Crippen LogP contribution in [0, 0.1) is 5.92 Å². The van der Waals surface area contributed by atoms with Crippen LogP contribution in [0.25, 0.3) is 6.08 Å². The molecule has 1 fully saturated rings. The van der Waals surface area contributed by atoms with Crippen molar-refractivity contribution < 1.29 is 4.79 Å². The van der Waals surface area contributed by atoms with E-state index in [0.29, 0.717) is 0 Å². The minimum atomic E-state index is -0.0186. The van der Waals surface area contributed by atoms with Gasteiger partial charge >= 0.3 is 0 Å². The van der Waals surface area contributed by atoms with E-state index in [1.165, 1.54) is 25.9 Å². The maximum absolute atomic E-state index is 11.8. The molecule has 0 radical (unpaired) electrons. The fourth-order valence-electron chi connectivity index (χ4n) is 2.81. The van der Waals surface area contributed by atoms with E-state index in [9.17, 15) is 4.79 Å². The molecule has 2 rings (SSSR count). The number of likely N-dealkylation sites (tertiary alicyclic amines) is 1. The van der Waals surface area contributed by atoms with Gasteiger partial charge in [0.05, 0.1) is 0 Å². The third-order valence-corrected chi connectivity index (χ3v) is 4.52. The number of amides is 1. The lowest BCUT2D eigenvalue weighted by Crippen LogP contribution is -2.36. The Kier molecular flexibility index (Phi) is 7.13. The Morgan fingerprint density at radius 3 is 2.91 bits per heavy atom. The van der Waals surface area contributed by atoms with Crippen LogP contribution in [0.2, 0.25) is 0 Å². The summed E-state index contributed by atoms with van der Waals surface area (Å²) in [5, 5.41) is 2.95. The van der Waals surface area contributed by atoms with Crippen LogP contribution < -0.4 is 5.32 Å². The quantitative estimate of drug-likeness (QED) is 0.616. The molecule has 1 N–H and O–H groups in total. The van der Waals surface area contributed by atoms with E-state index in [0.717, 1.165) is 35.5 Å². The number of carbonyl (C=O) groups excluding carboxylic acids is 1. The molecule has 1 atom stereocenters. The number of carbonyl (C=O) groups is 1. The van der Waals surface area contributed by atoms with Crippen molar-refractivity contribution in [2.45, 2.75) is 26.2 Å². The molecule has 1 aromatic carbocycles. The van der Waals surface area contributed by atoms with Crippen LogP contribution in [-0.4, -0.2) is 37.0 Å². The van der Waals surface area contributed by atoms with E-state index in [1.54, 1.807) is 6.08 Å². The Bertz CT molecular complexity index is 498. The van der Waals surface area contributed by atoms with E-state index < -0.39 is 0 Å². The number of hydrogen-bond donors (Lipinski definition) is 1. The molecule has 1 unspecified atom stereocenters. The first-order chi connectivity index (χ1) is 10.6. The zero-order valence-corrected chi connectivity index (χ0v) is 14.8. The first-order valence-electron chi connectivity index (χ1n) is 8.07. The van der Waals surface area contributed by atoms with E-state index in [-0.39, 0.29) is 5.91 Å². The summed E-state index contributed by atoms with van der Waals surface area (Å²) in [6, 6.07) is 7.89. The van der Waals surface area contributed by atoms with Crippen LogP contribution in [-0.2, 0) is 4.79 Å². The number of rotatable bonds is 6. The zero-order valence-electron chi connectivity index (χ0n) is 13.2. The zero-order chi connectivity index (χ0) is 15.8. The maximum Gasteiger partial charge on any atom is 0.243 e. The third-order valence-electron chi connectivity index (χ3n) is 3.99. The molecular weight excluding hydrogens is 340 g/mol. The molecule has 1 aliphatic rings. The molecule has 4 heteroatoms. The van der Waals surface area contributed by atoms with Crippen molar-refractivity contribution in [3.63, 3.8) is 0 Å². The third kappa shape index (κ3) is 6.32. The molecule has 120 valence electrons. The molecule has 1 amide bonds. The maximum atomic E-state index is 11.8. The van der Waals surface area contributed by atoms with Crippen LogP contribution in [0.1, 0.15) is 31.7 Å². The molecule has 0 bridgehead atoms. The molecule has 22 heavy (non-hydrogen) atoms. The highest BCUT2D eigenvalue weighted by Crippen LogP contribution is 2.15. The number of nitrogens with zero attached hydrogens (tertiary/aromatic N) is 1. The highest BCUT2D eigenvalue weighted by molar-refractivity contribution is 9.10. The van der Waals surface area contributed by atoms with Gasteiger partial charge in [-0.25, -0.2) is 0 Å². The van der Waals surface area contributed by atoms with Gasteiger partial charge in [0.25, 0.3) is 0 Å². The Labute approximate surface area is 141 Å². The van der Waals surface area contributed by atoms with Gasteiger partial charge in [0.2, 0.25) is 5.91 Å². The second-order valence-electron chi connectivity index (χ2n) is 6.08. The van der Waals surface area contributed by atoms with Crippen LogP contribution in [0.3, 0.4) is 0 Å². The molecule has 3 nitrogen and oxygen atoms in total. The average molecular weight is 365 g/mol. The standard InChI is InChI=1S/C18H25BrN2O/c1-15-4-2-12-21(14-15)13-3-11-20-18(22)10-7-16-5-8-17(19)9-6-16/h5-10,15H,2-4,11-14H2,1H3,(H,20,22)/b10-7+. The monoisotopic (exact) mass is 364 g/mol. The lowest BCUT2D eigenvalue weighted by Gasteiger charge is -2.30. The lowest BCUT2D eigenvalue weighted by atomic mass is 10.0. The van der Waals surface area contributed by atoms with Gasteiger partial charge in [-0.15, -0.1) is 0 Å². The normalized spacial score (nSPS) is 19.5. The highest BCUT2D eigenvalue weighted by atomic mass is 79.9. The Morgan fingerprint density at radius 1 is 1.41 bits per heavy atom. The molecule has 0 saturated carbocycles. The molecule has 1 saturated heterocycles. The van der Waals surface area contributed by atoms with Gasteiger partial charge in [-0.3, -0.25) is 4.79 Å². The van der Waals surface area contributed by atoms with Crippen molar-refractivity contribution in [1.29, 1.82) is 0 Å². The number of benzene rings is 1. The summed E-state index contributed by atoms with van der Waals surface area (Å²) >= 11 is 3.40. The number of hydrogen-bond acceptors (Lipinski definition) is 2. The second-order valence-corrected chi connectivity index (χ2v) is 6.99. The summed E-state index contributed by atoms with van der Waals surface area (Å²) in [4.78, 5) is 14.3. The smallest absolute Gasteiger partial charge is 0.243 e. The Balaban J connectivity index is 1.62. The molecule has 1 aromatic rings. The summed E-state index contributed by atoms with van der Waals surface area (Å²) in [7, 11) is 0. The SMILES string of the molecule is CC1CCCN(CCCNC(=O)/C=C/c2ccc(Br)cc2)C1. The van der Waals surface area contributed by atoms with Crippen LogP contribution >= 0.6 is 15.9 Å². The highest BCUT2D eigenvalue weighted by Gasteiger charge is 2.15. The second kappa shape index (κ2) is 9.11. The topological polar surface area (TPSA) is 32.3 Å². The molecule has 0 spiro atoms. The Hall–Kier alpha value is -1.13. The van der Waals surface area contributed by atoms with E-state index >= 15 is 0 Å². The predicted molar refractivity (Wildman–Crippen MR) is 95.6 cm³/mol. The number of piperidine rings is 1. The fourth-order valence-corrected chi connectivity index (χ4v) is 3.07. The van der Waals surface area contributed by atoms with Gasteiger partial charge in [0.1, 0.15) is 0 Å². The average Bonchev–Trinajstić information content (AvgIpc) is 2.51. The summed E-state index contributed by atoms with van der Waals surface area (Å²) in [5.74, 6) is 0.798. The minimum absolute atomic E-state index is 0.0186. The first-order valence-corrected chi connectivity index (χ1v) is 8.86. The van der Waals surface area contributed by atoms with Crippen molar-refractivity contribution in [2.24, 2.45) is 5.92 Å². The van der Waals surface area contributed by atoms with Gasteiger partial charge in [-0.05, 0) is 62.0 Å². The summed E-state index contributed by atoms with van der Waals surface area (Å²) in [5.41, 5.74) is 1.03. The van der Waals surface area contributed by atoms with Crippen LogP contribution in [0.4, 0.5) is 0 Å². The predicted octanol–water partition coefficient (Wildman–Crippen LogP) is 3.70. The number of halogens is 1. The van der Waals surface area contributed by atoms with Crippen LogP contribution in [0.5, 0.6) is 0 Å². The number of nitrogens with one attached hydrogen (secondary N) is 1. The summed E-state index contributed by atoms with van der Waals surface area (Å²) in [6.45, 7) is 6.56. The summed E-state index contributed by atoms with van der Waals surface area (Å²) in [6.07, 6.45) is 7.13.